The summed E-state index contributed by atoms with van der Waals surface area (Å²) in [4.78, 5) is 15.6. The normalized spacial score (nSPS) is 12.2. The van der Waals surface area contributed by atoms with E-state index in [9.17, 15) is 13.6 Å². The Hall–Kier alpha value is -2.31. The highest BCUT2D eigenvalue weighted by atomic mass is 19.2. The fourth-order valence-electron chi connectivity index (χ4n) is 1.57. The van der Waals surface area contributed by atoms with E-state index in [1.54, 1.807) is 13.8 Å². The zero-order chi connectivity index (χ0) is 14.0. The fraction of sp³-hybridized carbons (Fsp3) is 0.250. The molecule has 100 valence electrons. The molecule has 19 heavy (non-hydrogen) atoms. The number of halogens is 2. The molecule has 0 spiro atoms. The number of carbonyl (C=O) groups excluding carboxylic acids is 1. The summed E-state index contributed by atoms with van der Waals surface area (Å²) in [5, 5.41) is 8.86. The van der Waals surface area contributed by atoms with E-state index in [1.165, 1.54) is 6.07 Å². The third-order valence-corrected chi connectivity index (χ3v) is 2.59. The van der Waals surface area contributed by atoms with Crippen LogP contribution in [0.2, 0.25) is 0 Å². The first-order chi connectivity index (χ1) is 8.97. The van der Waals surface area contributed by atoms with Crippen LogP contribution in [-0.2, 0) is 0 Å². The molecule has 0 aliphatic rings. The lowest BCUT2D eigenvalue weighted by molar-refractivity contribution is 0.0929. The van der Waals surface area contributed by atoms with Crippen molar-refractivity contribution in [1.29, 1.82) is 0 Å². The summed E-state index contributed by atoms with van der Waals surface area (Å²) >= 11 is 0. The number of hydrogen-bond donors (Lipinski definition) is 2. The largest absolute Gasteiger partial charge is 0.343 e. The first kappa shape index (κ1) is 13.1. The van der Waals surface area contributed by atoms with Gasteiger partial charge in [-0.05, 0) is 31.5 Å². The van der Waals surface area contributed by atoms with Crippen molar-refractivity contribution in [2.24, 2.45) is 0 Å². The second-order valence-corrected chi connectivity index (χ2v) is 4.11. The van der Waals surface area contributed by atoms with E-state index in [1.807, 2.05) is 0 Å². The van der Waals surface area contributed by atoms with Gasteiger partial charge in [-0.1, -0.05) is 6.07 Å². The van der Waals surface area contributed by atoms with Crippen LogP contribution in [0.1, 0.15) is 35.0 Å². The molecule has 1 aromatic carbocycles. The maximum atomic E-state index is 13.1. The van der Waals surface area contributed by atoms with Crippen LogP contribution in [0.15, 0.2) is 18.2 Å². The van der Waals surface area contributed by atoms with Gasteiger partial charge < -0.3 is 5.32 Å². The molecular formula is C12H12F2N4O. The van der Waals surface area contributed by atoms with E-state index in [4.69, 9.17) is 0 Å². The van der Waals surface area contributed by atoms with Crippen LogP contribution in [0, 0.1) is 18.6 Å². The van der Waals surface area contributed by atoms with Gasteiger partial charge in [-0.25, -0.2) is 13.8 Å². The Labute approximate surface area is 108 Å². The van der Waals surface area contributed by atoms with E-state index < -0.39 is 23.6 Å². The van der Waals surface area contributed by atoms with E-state index in [-0.39, 0.29) is 5.82 Å². The van der Waals surface area contributed by atoms with Crippen molar-refractivity contribution in [1.82, 2.24) is 20.5 Å². The summed E-state index contributed by atoms with van der Waals surface area (Å²) in [6.07, 6.45) is 0. The molecule has 1 aromatic heterocycles. The van der Waals surface area contributed by atoms with Crippen LogP contribution >= 0.6 is 0 Å². The van der Waals surface area contributed by atoms with E-state index in [2.05, 4.69) is 20.5 Å². The molecule has 5 nitrogen and oxygen atoms in total. The molecule has 1 heterocycles. The van der Waals surface area contributed by atoms with E-state index >= 15 is 0 Å². The van der Waals surface area contributed by atoms with Crippen molar-refractivity contribution in [2.45, 2.75) is 19.9 Å². The standard InChI is InChI=1S/C12H12F2N4O/c1-6(8-3-4-9(13)10(14)5-8)15-12(19)11-16-7(2)17-18-11/h3-6H,1-2H3,(H,15,19)(H,16,17,18). The molecule has 1 atom stereocenters. The van der Waals surface area contributed by atoms with Crippen molar-refractivity contribution < 1.29 is 13.6 Å². The molecule has 1 amide bonds. The predicted molar refractivity (Wildman–Crippen MR) is 63.4 cm³/mol. The summed E-state index contributed by atoms with van der Waals surface area (Å²) in [7, 11) is 0. The quantitative estimate of drug-likeness (QED) is 0.891. The van der Waals surface area contributed by atoms with Crippen LogP contribution in [0.3, 0.4) is 0 Å². The average molecular weight is 266 g/mol. The lowest BCUT2D eigenvalue weighted by Gasteiger charge is -2.13. The molecule has 2 N–H and O–H groups in total. The number of carbonyl (C=O) groups is 1. The van der Waals surface area contributed by atoms with Gasteiger partial charge in [0, 0.05) is 0 Å². The summed E-state index contributed by atoms with van der Waals surface area (Å²) in [6, 6.07) is 2.99. The molecule has 0 bridgehead atoms. The SMILES string of the molecule is Cc1nc(C(=O)NC(C)c2ccc(F)c(F)c2)n[nH]1. The van der Waals surface area contributed by atoms with E-state index in [0.29, 0.717) is 11.4 Å². The molecule has 1 unspecified atom stereocenters. The van der Waals surface area contributed by atoms with Gasteiger partial charge in [-0.15, -0.1) is 5.10 Å². The van der Waals surface area contributed by atoms with Gasteiger partial charge in [0.15, 0.2) is 11.6 Å². The number of H-pyrrole nitrogens is 1. The summed E-state index contributed by atoms with van der Waals surface area (Å²) in [6.45, 7) is 3.33. The molecule has 0 aliphatic heterocycles. The number of nitrogens with zero attached hydrogens (tertiary/aromatic N) is 2. The van der Waals surface area contributed by atoms with Crippen LogP contribution in [0.25, 0.3) is 0 Å². The Morgan fingerprint density at radius 3 is 2.68 bits per heavy atom. The predicted octanol–water partition coefficient (Wildman–Crippen LogP) is 1.88. The third kappa shape index (κ3) is 2.93. The fourth-order valence-corrected chi connectivity index (χ4v) is 1.57. The topological polar surface area (TPSA) is 70.7 Å². The van der Waals surface area contributed by atoms with Gasteiger partial charge in [0.05, 0.1) is 6.04 Å². The van der Waals surface area contributed by atoms with Crippen LogP contribution < -0.4 is 5.32 Å². The number of rotatable bonds is 3. The van der Waals surface area contributed by atoms with Crippen LogP contribution in [-0.4, -0.2) is 21.1 Å². The van der Waals surface area contributed by atoms with Crippen molar-refractivity contribution >= 4 is 5.91 Å². The van der Waals surface area contributed by atoms with Crippen molar-refractivity contribution in [3.63, 3.8) is 0 Å². The Morgan fingerprint density at radius 2 is 2.11 bits per heavy atom. The second-order valence-electron chi connectivity index (χ2n) is 4.11. The summed E-state index contributed by atoms with van der Waals surface area (Å²) < 4.78 is 25.9. The van der Waals surface area contributed by atoms with Crippen molar-refractivity contribution in [2.75, 3.05) is 0 Å². The summed E-state index contributed by atoms with van der Waals surface area (Å²) in [5.41, 5.74) is 0.458. The zero-order valence-corrected chi connectivity index (χ0v) is 10.4. The maximum absolute atomic E-state index is 13.1. The Kier molecular flexibility index (Phi) is 3.55. The molecule has 7 heteroatoms. The molecule has 0 radical (unpaired) electrons. The Morgan fingerprint density at radius 1 is 1.37 bits per heavy atom. The monoisotopic (exact) mass is 266 g/mol. The molecule has 2 rings (SSSR count). The minimum absolute atomic E-state index is 0.00642. The van der Waals surface area contributed by atoms with Gasteiger partial charge in [0.1, 0.15) is 5.82 Å². The van der Waals surface area contributed by atoms with Gasteiger partial charge in [0.2, 0.25) is 5.82 Å². The lowest BCUT2D eigenvalue weighted by atomic mass is 10.1. The highest BCUT2D eigenvalue weighted by Gasteiger charge is 2.16. The van der Waals surface area contributed by atoms with Gasteiger partial charge in [0.25, 0.3) is 5.91 Å². The number of benzene rings is 1. The average Bonchev–Trinajstić information content (AvgIpc) is 2.79. The summed E-state index contributed by atoms with van der Waals surface area (Å²) in [5.74, 6) is -1.83. The van der Waals surface area contributed by atoms with E-state index in [0.717, 1.165) is 12.1 Å². The first-order valence-electron chi connectivity index (χ1n) is 5.62. The number of aromatic nitrogens is 3. The molecule has 0 saturated heterocycles. The third-order valence-electron chi connectivity index (χ3n) is 2.59. The number of hydrogen-bond acceptors (Lipinski definition) is 3. The zero-order valence-electron chi connectivity index (χ0n) is 10.4. The van der Waals surface area contributed by atoms with Crippen LogP contribution in [0.5, 0.6) is 0 Å². The Balaban J connectivity index is 2.10. The maximum Gasteiger partial charge on any atom is 0.291 e. The highest BCUT2D eigenvalue weighted by molar-refractivity contribution is 5.90. The molecule has 0 aliphatic carbocycles. The van der Waals surface area contributed by atoms with Gasteiger partial charge >= 0.3 is 0 Å². The van der Waals surface area contributed by atoms with Gasteiger partial charge in [-0.2, -0.15) is 0 Å². The molecule has 2 aromatic rings. The number of amides is 1. The molecule has 0 fully saturated rings. The Bertz CT molecular complexity index is 612. The van der Waals surface area contributed by atoms with Gasteiger partial charge in [-0.3, -0.25) is 9.89 Å². The molecular weight excluding hydrogens is 254 g/mol. The van der Waals surface area contributed by atoms with Crippen molar-refractivity contribution in [3.05, 3.63) is 47.0 Å². The highest BCUT2D eigenvalue weighted by Crippen LogP contribution is 2.16. The van der Waals surface area contributed by atoms with Crippen LogP contribution in [0.4, 0.5) is 8.78 Å². The number of nitrogens with one attached hydrogen (secondary N) is 2. The number of aryl methyl sites for hydroxylation is 1. The van der Waals surface area contributed by atoms with Crippen molar-refractivity contribution in [3.8, 4) is 0 Å². The smallest absolute Gasteiger partial charge is 0.291 e. The number of aromatic amines is 1. The minimum Gasteiger partial charge on any atom is -0.343 e. The first-order valence-corrected chi connectivity index (χ1v) is 5.62. The second kappa shape index (κ2) is 5.13. The molecule has 0 saturated carbocycles. The minimum atomic E-state index is -0.952. The lowest BCUT2D eigenvalue weighted by Crippen LogP contribution is -2.27.